The van der Waals surface area contributed by atoms with Gasteiger partial charge in [0.05, 0.1) is 0 Å². The minimum absolute atomic E-state index is 0.291. The Morgan fingerprint density at radius 1 is 1.09 bits per heavy atom. The molecule has 3 aromatic rings. The number of rotatable bonds is 4. The summed E-state index contributed by atoms with van der Waals surface area (Å²) >= 11 is 13.4. The van der Waals surface area contributed by atoms with Crippen molar-refractivity contribution in [1.82, 2.24) is 0 Å². The van der Waals surface area contributed by atoms with Crippen molar-refractivity contribution in [1.29, 1.82) is 5.26 Å². The molecule has 0 saturated carbocycles. The Labute approximate surface area is 148 Å². The minimum atomic E-state index is 0.291. The lowest BCUT2D eigenvalue weighted by molar-refractivity contribution is 0.315. The van der Waals surface area contributed by atoms with Crippen molar-refractivity contribution in [3.8, 4) is 22.3 Å². The highest BCUT2D eigenvalue weighted by Gasteiger charge is 2.14. The van der Waals surface area contributed by atoms with E-state index in [9.17, 15) is 5.26 Å². The standard InChI is InChI=1S/C18H11Cl2NOS/c19-14-7-6-13(17(20)8-14)10-22-18-15(9-21)16(11-23-18)12-4-2-1-3-5-12/h1-8,11H,10H2. The molecule has 0 aliphatic carbocycles. The summed E-state index contributed by atoms with van der Waals surface area (Å²) in [5.41, 5.74) is 3.26. The fourth-order valence-corrected chi connectivity index (χ4v) is 3.51. The van der Waals surface area contributed by atoms with Gasteiger partial charge in [-0.2, -0.15) is 5.26 Å². The van der Waals surface area contributed by atoms with Crippen LogP contribution in [0.1, 0.15) is 11.1 Å². The molecule has 1 aromatic heterocycles. The first-order valence-electron chi connectivity index (χ1n) is 6.83. The molecule has 0 aliphatic rings. The zero-order chi connectivity index (χ0) is 16.2. The Kier molecular flexibility index (Phi) is 4.88. The first-order valence-corrected chi connectivity index (χ1v) is 8.46. The van der Waals surface area contributed by atoms with Crippen LogP contribution < -0.4 is 4.74 Å². The summed E-state index contributed by atoms with van der Waals surface area (Å²) in [5.74, 6) is 0. The van der Waals surface area contributed by atoms with E-state index in [-0.39, 0.29) is 0 Å². The molecule has 0 fully saturated rings. The fraction of sp³-hybridized carbons (Fsp3) is 0.0556. The molecule has 0 bridgehead atoms. The van der Waals surface area contributed by atoms with Crippen molar-refractivity contribution in [3.63, 3.8) is 0 Å². The number of nitrogens with zero attached hydrogens (tertiary/aromatic N) is 1. The van der Waals surface area contributed by atoms with E-state index in [0.717, 1.165) is 16.7 Å². The lowest BCUT2D eigenvalue weighted by Crippen LogP contribution is -1.96. The maximum Gasteiger partial charge on any atom is 0.192 e. The molecule has 114 valence electrons. The molecule has 23 heavy (non-hydrogen) atoms. The van der Waals surface area contributed by atoms with E-state index in [1.165, 1.54) is 11.3 Å². The van der Waals surface area contributed by atoms with Crippen LogP contribution in [-0.2, 0) is 6.61 Å². The highest BCUT2D eigenvalue weighted by Crippen LogP contribution is 2.37. The topological polar surface area (TPSA) is 33.0 Å². The van der Waals surface area contributed by atoms with E-state index in [0.29, 0.717) is 27.3 Å². The van der Waals surface area contributed by atoms with Gasteiger partial charge in [0.15, 0.2) is 5.06 Å². The molecule has 0 radical (unpaired) electrons. The van der Waals surface area contributed by atoms with Crippen LogP contribution in [0.3, 0.4) is 0 Å². The minimum Gasteiger partial charge on any atom is -0.478 e. The van der Waals surface area contributed by atoms with Gasteiger partial charge in [-0.1, -0.05) is 59.6 Å². The molecule has 0 unspecified atom stereocenters. The van der Waals surface area contributed by atoms with E-state index >= 15 is 0 Å². The summed E-state index contributed by atoms with van der Waals surface area (Å²) in [6.07, 6.45) is 0. The van der Waals surface area contributed by atoms with Crippen LogP contribution in [-0.4, -0.2) is 0 Å². The lowest BCUT2D eigenvalue weighted by Gasteiger charge is -2.07. The van der Waals surface area contributed by atoms with Crippen molar-refractivity contribution < 1.29 is 4.74 Å². The third-order valence-corrected chi connectivity index (χ3v) is 4.80. The molecular formula is C18H11Cl2NOS. The Bertz CT molecular complexity index is 868. The van der Waals surface area contributed by atoms with Gasteiger partial charge >= 0.3 is 0 Å². The number of hydrogen-bond donors (Lipinski definition) is 0. The molecular weight excluding hydrogens is 349 g/mol. The van der Waals surface area contributed by atoms with Gasteiger partial charge in [0.1, 0.15) is 18.2 Å². The van der Waals surface area contributed by atoms with Crippen molar-refractivity contribution in [2.75, 3.05) is 0 Å². The highest BCUT2D eigenvalue weighted by molar-refractivity contribution is 7.12. The van der Waals surface area contributed by atoms with Crippen LogP contribution >= 0.6 is 34.5 Å². The summed E-state index contributed by atoms with van der Waals surface area (Å²) in [6.45, 7) is 0.291. The van der Waals surface area contributed by atoms with Crippen LogP contribution in [0, 0.1) is 11.3 Å². The number of nitriles is 1. The molecule has 0 atom stereocenters. The van der Waals surface area contributed by atoms with Crippen LogP contribution in [0.25, 0.3) is 11.1 Å². The average molecular weight is 360 g/mol. The fourth-order valence-electron chi connectivity index (χ4n) is 2.16. The second-order valence-corrected chi connectivity index (χ2v) is 6.50. The Balaban J connectivity index is 1.84. The van der Waals surface area contributed by atoms with E-state index in [4.69, 9.17) is 27.9 Å². The van der Waals surface area contributed by atoms with Crippen molar-refractivity contribution in [2.45, 2.75) is 6.61 Å². The third-order valence-electron chi connectivity index (χ3n) is 3.33. The van der Waals surface area contributed by atoms with Gasteiger partial charge in [-0.25, -0.2) is 0 Å². The second-order valence-electron chi connectivity index (χ2n) is 4.81. The summed E-state index contributed by atoms with van der Waals surface area (Å²) in [7, 11) is 0. The second kappa shape index (κ2) is 7.06. The maximum atomic E-state index is 9.47. The Hall–Kier alpha value is -1.99. The molecule has 0 saturated heterocycles. The Morgan fingerprint density at radius 3 is 2.57 bits per heavy atom. The average Bonchev–Trinajstić information content (AvgIpc) is 2.98. The van der Waals surface area contributed by atoms with E-state index in [1.807, 2.05) is 41.8 Å². The highest BCUT2D eigenvalue weighted by atomic mass is 35.5. The van der Waals surface area contributed by atoms with Gasteiger partial charge in [-0.15, -0.1) is 11.3 Å². The van der Waals surface area contributed by atoms with E-state index in [2.05, 4.69) is 6.07 Å². The van der Waals surface area contributed by atoms with Gasteiger partial charge in [0.2, 0.25) is 0 Å². The predicted octanol–water partition coefficient (Wildman–Crippen LogP) is 6.17. The molecule has 2 aromatic carbocycles. The number of halogens is 2. The molecule has 3 rings (SSSR count). The van der Waals surface area contributed by atoms with Crippen molar-refractivity contribution >= 4 is 34.5 Å². The smallest absolute Gasteiger partial charge is 0.192 e. The zero-order valence-electron chi connectivity index (χ0n) is 11.9. The van der Waals surface area contributed by atoms with E-state index < -0.39 is 0 Å². The first kappa shape index (κ1) is 15.9. The van der Waals surface area contributed by atoms with Crippen molar-refractivity contribution in [3.05, 3.63) is 75.1 Å². The summed E-state index contributed by atoms with van der Waals surface area (Å²) < 4.78 is 5.81. The number of ether oxygens (including phenoxy) is 1. The SMILES string of the molecule is N#Cc1c(-c2ccccc2)csc1OCc1ccc(Cl)cc1Cl. The molecule has 1 heterocycles. The van der Waals surface area contributed by atoms with Gasteiger partial charge < -0.3 is 4.74 Å². The molecule has 0 spiro atoms. The molecule has 2 nitrogen and oxygen atoms in total. The molecule has 0 aliphatic heterocycles. The number of thiophene rings is 1. The summed E-state index contributed by atoms with van der Waals surface area (Å²) in [4.78, 5) is 0. The van der Waals surface area contributed by atoms with Gasteiger partial charge in [0, 0.05) is 26.6 Å². The maximum absolute atomic E-state index is 9.47. The molecule has 0 amide bonds. The van der Waals surface area contributed by atoms with Gasteiger partial charge in [0.25, 0.3) is 0 Å². The van der Waals surface area contributed by atoms with Crippen LogP contribution in [0.15, 0.2) is 53.9 Å². The first-order chi connectivity index (χ1) is 11.2. The largest absolute Gasteiger partial charge is 0.478 e. The Morgan fingerprint density at radius 2 is 1.87 bits per heavy atom. The van der Waals surface area contributed by atoms with Crippen LogP contribution in [0.2, 0.25) is 10.0 Å². The monoisotopic (exact) mass is 359 g/mol. The summed E-state index contributed by atoms with van der Waals surface area (Å²) in [5, 5.41) is 13.1. The normalized spacial score (nSPS) is 10.3. The van der Waals surface area contributed by atoms with Gasteiger partial charge in [-0.3, -0.25) is 0 Å². The number of hydrogen-bond acceptors (Lipinski definition) is 3. The van der Waals surface area contributed by atoms with Gasteiger partial charge in [-0.05, 0) is 17.7 Å². The van der Waals surface area contributed by atoms with E-state index in [1.54, 1.807) is 12.1 Å². The van der Waals surface area contributed by atoms with Crippen molar-refractivity contribution in [2.24, 2.45) is 0 Å². The lowest BCUT2D eigenvalue weighted by atomic mass is 10.1. The van der Waals surface area contributed by atoms with Crippen LogP contribution in [0.5, 0.6) is 5.06 Å². The third kappa shape index (κ3) is 3.51. The predicted molar refractivity (Wildman–Crippen MR) is 95.3 cm³/mol. The quantitative estimate of drug-likeness (QED) is 0.557. The zero-order valence-corrected chi connectivity index (χ0v) is 14.3. The molecule has 5 heteroatoms. The molecule has 0 N–H and O–H groups in total. The summed E-state index contributed by atoms with van der Waals surface area (Å²) in [6, 6.07) is 17.3. The number of benzene rings is 2. The van der Waals surface area contributed by atoms with Crippen LogP contribution in [0.4, 0.5) is 0 Å².